The zero-order valence-corrected chi connectivity index (χ0v) is 21.9. The van der Waals surface area contributed by atoms with E-state index in [2.05, 4.69) is 30.7 Å². The summed E-state index contributed by atoms with van der Waals surface area (Å²) in [5.74, 6) is -0.243. The fourth-order valence-electron chi connectivity index (χ4n) is 4.69. The molecular weight excluding hydrogens is 494 g/mol. The van der Waals surface area contributed by atoms with Crippen molar-refractivity contribution >= 4 is 28.9 Å². The van der Waals surface area contributed by atoms with Crippen molar-refractivity contribution in [1.29, 1.82) is 0 Å². The van der Waals surface area contributed by atoms with Crippen LogP contribution in [0.3, 0.4) is 0 Å². The number of nitrogens with zero attached hydrogens (tertiary/aromatic N) is 4. The molecule has 0 saturated heterocycles. The maximum Gasteiger partial charge on any atom is 0.326 e. The van der Waals surface area contributed by atoms with Crippen molar-refractivity contribution in [2.75, 3.05) is 5.32 Å². The van der Waals surface area contributed by atoms with Crippen molar-refractivity contribution in [2.24, 2.45) is 0 Å². The Morgan fingerprint density at radius 1 is 1.03 bits per heavy atom. The monoisotopic (exact) mass is 523 g/mol. The van der Waals surface area contributed by atoms with E-state index in [1.54, 1.807) is 11.0 Å². The number of nitrogens with one attached hydrogen (secondary N) is 3. The molecule has 2 heterocycles. The topological polar surface area (TPSA) is 138 Å². The smallest absolute Gasteiger partial charge is 0.326 e. The Hall–Kier alpha value is -4.99. The normalized spacial score (nSPS) is 11.9. The SMILES string of the molecule is Cc1cc(C)c(C(=O)NC(Cc2ccc(-n3cnc(CNc4nc5ccccc5[nH]4)n3)cc2)C(=O)O)c(C)c1. The van der Waals surface area contributed by atoms with Crippen molar-refractivity contribution in [3.63, 3.8) is 0 Å². The highest BCUT2D eigenvalue weighted by Gasteiger charge is 2.23. The third-order valence-electron chi connectivity index (χ3n) is 6.49. The van der Waals surface area contributed by atoms with E-state index in [1.165, 1.54) is 0 Å². The van der Waals surface area contributed by atoms with E-state index < -0.39 is 12.0 Å². The minimum absolute atomic E-state index is 0.148. The Balaban J connectivity index is 1.22. The first-order valence-corrected chi connectivity index (χ1v) is 12.6. The summed E-state index contributed by atoms with van der Waals surface area (Å²) in [7, 11) is 0. The predicted octanol–water partition coefficient (Wildman–Crippen LogP) is 4.11. The zero-order valence-electron chi connectivity index (χ0n) is 21.9. The molecule has 5 aromatic rings. The number of para-hydroxylation sites is 2. The molecule has 198 valence electrons. The molecule has 3 aromatic carbocycles. The molecule has 1 unspecified atom stereocenters. The number of carboxylic acids is 1. The second-order valence-corrected chi connectivity index (χ2v) is 9.57. The van der Waals surface area contributed by atoms with Gasteiger partial charge in [-0.3, -0.25) is 4.79 Å². The first-order chi connectivity index (χ1) is 18.8. The quantitative estimate of drug-likeness (QED) is 0.228. The highest BCUT2D eigenvalue weighted by atomic mass is 16.4. The number of carbonyl (C=O) groups excluding carboxylic acids is 1. The standard InChI is InChI=1S/C29H29N7O3/c1-17-12-18(2)26(19(3)13-17)27(37)32-24(28(38)39)14-20-8-10-21(11-9-20)36-16-31-25(35-36)15-30-29-33-22-6-4-5-7-23(22)34-29/h4-13,16,24H,14-15H2,1-3H3,(H,32,37)(H,38,39)(H2,30,33,34). The molecule has 10 nitrogen and oxygen atoms in total. The average Bonchev–Trinajstić information content (AvgIpc) is 3.54. The van der Waals surface area contributed by atoms with E-state index in [0.29, 0.717) is 23.9 Å². The number of aliphatic carboxylic acids is 1. The molecule has 0 radical (unpaired) electrons. The molecule has 0 aliphatic heterocycles. The van der Waals surface area contributed by atoms with Crippen LogP contribution in [0.25, 0.3) is 16.7 Å². The molecule has 1 atom stereocenters. The maximum absolute atomic E-state index is 12.9. The Morgan fingerprint density at radius 3 is 2.44 bits per heavy atom. The summed E-state index contributed by atoms with van der Waals surface area (Å²) >= 11 is 0. The molecule has 0 bridgehead atoms. The summed E-state index contributed by atoms with van der Waals surface area (Å²) in [6.07, 6.45) is 1.77. The average molecular weight is 524 g/mol. The fourth-order valence-corrected chi connectivity index (χ4v) is 4.69. The van der Waals surface area contributed by atoms with Crippen molar-refractivity contribution in [1.82, 2.24) is 30.0 Å². The lowest BCUT2D eigenvalue weighted by molar-refractivity contribution is -0.139. The van der Waals surface area contributed by atoms with Gasteiger partial charge in [0.1, 0.15) is 12.4 Å². The number of aromatic nitrogens is 5. The third-order valence-corrected chi connectivity index (χ3v) is 6.49. The number of amides is 1. The summed E-state index contributed by atoms with van der Waals surface area (Å²) in [4.78, 5) is 36.9. The van der Waals surface area contributed by atoms with Gasteiger partial charge in [-0.25, -0.2) is 19.4 Å². The van der Waals surface area contributed by atoms with Crippen LogP contribution in [0.15, 0.2) is 67.0 Å². The summed E-state index contributed by atoms with van der Waals surface area (Å²) in [6, 6.07) is 17.9. The first-order valence-electron chi connectivity index (χ1n) is 12.6. The van der Waals surface area contributed by atoms with Gasteiger partial charge in [-0.15, -0.1) is 5.10 Å². The van der Waals surface area contributed by atoms with E-state index in [0.717, 1.165) is 39.0 Å². The van der Waals surface area contributed by atoms with Crippen LogP contribution in [0, 0.1) is 20.8 Å². The van der Waals surface area contributed by atoms with Crippen LogP contribution in [0.4, 0.5) is 5.95 Å². The summed E-state index contributed by atoms with van der Waals surface area (Å²) in [5, 5.41) is 20.2. The van der Waals surface area contributed by atoms with Gasteiger partial charge in [0.25, 0.3) is 5.91 Å². The van der Waals surface area contributed by atoms with Crippen molar-refractivity contribution in [3.8, 4) is 5.69 Å². The number of rotatable bonds is 9. The van der Waals surface area contributed by atoms with Gasteiger partial charge in [0, 0.05) is 12.0 Å². The summed E-state index contributed by atoms with van der Waals surface area (Å²) in [6.45, 7) is 6.07. The minimum Gasteiger partial charge on any atom is -0.480 e. The van der Waals surface area contributed by atoms with Gasteiger partial charge >= 0.3 is 5.97 Å². The molecule has 5 rings (SSSR count). The van der Waals surface area contributed by atoms with Gasteiger partial charge in [-0.2, -0.15) is 0 Å². The summed E-state index contributed by atoms with van der Waals surface area (Å²) in [5.41, 5.74) is 6.58. The van der Waals surface area contributed by atoms with Gasteiger partial charge < -0.3 is 20.7 Å². The number of fused-ring (bicyclic) bond motifs is 1. The number of anilines is 1. The van der Waals surface area contributed by atoms with E-state index in [9.17, 15) is 14.7 Å². The van der Waals surface area contributed by atoms with E-state index in [-0.39, 0.29) is 12.3 Å². The number of hydrogen-bond acceptors (Lipinski definition) is 6. The number of aromatic amines is 1. The van der Waals surface area contributed by atoms with Crippen LogP contribution < -0.4 is 10.6 Å². The van der Waals surface area contributed by atoms with Gasteiger partial charge in [-0.1, -0.05) is 42.0 Å². The molecule has 39 heavy (non-hydrogen) atoms. The lowest BCUT2D eigenvalue weighted by atomic mass is 9.98. The predicted molar refractivity (Wildman–Crippen MR) is 148 cm³/mol. The van der Waals surface area contributed by atoms with Crippen LogP contribution >= 0.6 is 0 Å². The van der Waals surface area contributed by atoms with Gasteiger partial charge in [0.2, 0.25) is 5.95 Å². The highest BCUT2D eigenvalue weighted by Crippen LogP contribution is 2.18. The highest BCUT2D eigenvalue weighted by molar-refractivity contribution is 5.99. The lowest BCUT2D eigenvalue weighted by Crippen LogP contribution is -2.42. The van der Waals surface area contributed by atoms with Crippen LogP contribution in [-0.2, 0) is 17.8 Å². The summed E-state index contributed by atoms with van der Waals surface area (Å²) < 4.78 is 1.65. The molecule has 4 N–H and O–H groups in total. The number of carboxylic acid groups (broad SMARTS) is 1. The van der Waals surface area contributed by atoms with Gasteiger partial charge in [0.05, 0.1) is 23.3 Å². The zero-order chi connectivity index (χ0) is 27.5. The van der Waals surface area contributed by atoms with Crippen molar-refractivity contribution in [2.45, 2.75) is 39.8 Å². The molecule has 10 heteroatoms. The molecule has 0 saturated carbocycles. The van der Waals surface area contributed by atoms with Gasteiger partial charge in [-0.05, 0) is 61.7 Å². The Morgan fingerprint density at radius 2 is 1.74 bits per heavy atom. The number of aryl methyl sites for hydroxylation is 3. The van der Waals surface area contributed by atoms with Crippen LogP contribution in [0.1, 0.15) is 38.4 Å². The molecule has 2 aromatic heterocycles. The van der Waals surface area contributed by atoms with Crippen molar-refractivity contribution in [3.05, 3.63) is 101 Å². The minimum atomic E-state index is -1.09. The number of H-pyrrole nitrogens is 1. The van der Waals surface area contributed by atoms with Crippen molar-refractivity contribution < 1.29 is 14.7 Å². The molecule has 0 spiro atoms. The second-order valence-electron chi connectivity index (χ2n) is 9.57. The molecule has 1 amide bonds. The Kier molecular flexibility index (Phi) is 7.09. The third kappa shape index (κ3) is 5.80. The van der Waals surface area contributed by atoms with Gasteiger partial charge in [0.15, 0.2) is 5.82 Å². The van der Waals surface area contributed by atoms with E-state index in [4.69, 9.17) is 0 Å². The van der Waals surface area contributed by atoms with Crippen LogP contribution in [0.5, 0.6) is 0 Å². The largest absolute Gasteiger partial charge is 0.480 e. The number of hydrogen-bond donors (Lipinski definition) is 4. The number of carbonyl (C=O) groups is 2. The lowest BCUT2D eigenvalue weighted by Gasteiger charge is -2.17. The second kappa shape index (κ2) is 10.8. The van der Waals surface area contributed by atoms with E-state index >= 15 is 0 Å². The van der Waals surface area contributed by atoms with Crippen LogP contribution in [-0.4, -0.2) is 47.8 Å². The first kappa shape index (κ1) is 25.7. The van der Waals surface area contributed by atoms with E-state index in [1.807, 2.05) is 81.4 Å². The molecule has 0 fully saturated rings. The molecule has 0 aliphatic rings. The number of imidazole rings is 1. The Labute approximate surface area is 225 Å². The molecule has 0 aliphatic carbocycles. The maximum atomic E-state index is 12.9. The fraction of sp³-hybridized carbons (Fsp3) is 0.207. The van der Waals surface area contributed by atoms with Crippen LogP contribution in [0.2, 0.25) is 0 Å². The number of benzene rings is 3. The Bertz CT molecular complexity index is 1600. The molecular formula is C29H29N7O3.